The maximum Gasteiger partial charge on any atom is 0.267 e. The fraction of sp³-hybridized carbons (Fsp3) is 0.238. The molecule has 0 aromatic heterocycles. The zero-order chi connectivity index (χ0) is 20.4. The molecule has 28 heavy (non-hydrogen) atoms. The second-order valence-corrected chi connectivity index (χ2v) is 5.50. The van der Waals surface area contributed by atoms with E-state index >= 15 is 0 Å². The quantitative estimate of drug-likeness (QED) is 0.505. The third-order valence-electron chi connectivity index (χ3n) is 3.65. The summed E-state index contributed by atoms with van der Waals surface area (Å²) in [6.45, 7) is 4.79. The number of para-hydroxylation sites is 2. The zero-order valence-corrected chi connectivity index (χ0v) is 16.1. The molecular formula is C21H23N3O4. The Morgan fingerprint density at radius 3 is 2.46 bits per heavy atom. The fourth-order valence-corrected chi connectivity index (χ4v) is 2.38. The summed E-state index contributed by atoms with van der Waals surface area (Å²) in [4.78, 5) is 12.4. The molecule has 0 unspecified atom stereocenters. The molecule has 0 fully saturated rings. The number of rotatable bonds is 9. The molecule has 0 aliphatic carbocycles. The highest BCUT2D eigenvalue weighted by molar-refractivity contribution is 6.07. The van der Waals surface area contributed by atoms with Crippen molar-refractivity contribution in [2.75, 3.05) is 31.0 Å². The van der Waals surface area contributed by atoms with Gasteiger partial charge in [-0.1, -0.05) is 12.1 Å². The first-order chi connectivity index (χ1) is 13.6. The van der Waals surface area contributed by atoms with E-state index < -0.39 is 5.91 Å². The van der Waals surface area contributed by atoms with E-state index in [9.17, 15) is 10.1 Å². The SMILES string of the molecule is CCOc1ccc(N/C=C(/C#N)C(=O)Nc2ccccc2OC)cc1OCC. The number of carbonyl (C=O) groups is 1. The van der Waals surface area contributed by atoms with Crippen LogP contribution in [0.2, 0.25) is 0 Å². The molecule has 146 valence electrons. The lowest BCUT2D eigenvalue weighted by molar-refractivity contribution is -0.112. The molecule has 0 saturated carbocycles. The minimum atomic E-state index is -0.546. The van der Waals surface area contributed by atoms with Crippen molar-refractivity contribution >= 4 is 17.3 Å². The van der Waals surface area contributed by atoms with Gasteiger partial charge in [-0.15, -0.1) is 0 Å². The largest absolute Gasteiger partial charge is 0.495 e. The molecule has 0 saturated heterocycles. The molecule has 0 aliphatic rings. The van der Waals surface area contributed by atoms with E-state index in [1.165, 1.54) is 13.3 Å². The monoisotopic (exact) mass is 381 g/mol. The third-order valence-corrected chi connectivity index (χ3v) is 3.65. The Balaban J connectivity index is 2.15. The smallest absolute Gasteiger partial charge is 0.267 e. The van der Waals surface area contributed by atoms with Crippen LogP contribution in [0.25, 0.3) is 0 Å². The van der Waals surface area contributed by atoms with Crippen LogP contribution in [0.1, 0.15) is 13.8 Å². The van der Waals surface area contributed by atoms with Gasteiger partial charge in [0, 0.05) is 18.0 Å². The third kappa shape index (κ3) is 5.42. The number of nitrogens with one attached hydrogen (secondary N) is 2. The van der Waals surface area contributed by atoms with Crippen molar-refractivity contribution in [2.24, 2.45) is 0 Å². The lowest BCUT2D eigenvalue weighted by atomic mass is 10.2. The molecular weight excluding hydrogens is 358 g/mol. The molecule has 7 nitrogen and oxygen atoms in total. The summed E-state index contributed by atoms with van der Waals surface area (Å²) in [6.07, 6.45) is 1.34. The van der Waals surface area contributed by atoms with Crippen molar-refractivity contribution in [3.05, 3.63) is 54.2 Å². The molecule has 2 aromatic carbocycles. The van der Waals surface area contributed by atoms with Gasteiger partial charge in [0.2, 0.25) is 0 Å². The van der Waals surface area contributed by atoms with E-state index in [0.29, 0.717) is 41.8 Å². The van der Waals surface area contributed by atoms with Crippen LogP contribution >= 0.6 is 0 Å². The molecule has 0 radical (unpaired) electrons. The Bertz CT molecular complexity index is 887. The number of ether oxygens (including phenoxy) is 3. The van der Waals surface area contributed by atoms with Crippen molar-refractivity contribution in [3.8, 4) is 23.3 Å². The molecule has 0 heterocycles. The number of carbonyl (C=O) groups excluding carboxylic acids is 1. The van der Waals surface area contributed by atoms with E-state index in [1.54, 1.807) is 42.5 Å². The lowest BCUT2D eigenvalue weighted by Crippen LogP contribution is -2.15. The Kier molecular flexibility index (Phi) is 7.73. The van der Waals surface area contributed by atoms with E-state index in [-0.39, 0.29) is 5.57 Å². The number of nitriles is 1. The van der Waals surface area contributed by atoms with Crippen LogP contribution in [0.5, 0.6) is 17.2 Å². The van der Waals surface area contributed by atoms with Crippen LogP contribution in [0.4, 0.5) is 11.4 Å². The summed E-state index contributed by atoms with van der Waals surface area (Å²) in [5, 5.41) is 15.0. The highest BCUT2D eigenvalue weighted by Gasteiger charge is 2.12. The highest BCUT2D eigenvalue weighted by Crippen LogP contribution is 2.30. The predicted molar refractivity (Wildman–Crippen MR) is 108 cm³/mol. The van der Waals surface area contributed by atoms with Crippen molar-refractivity contribution in [1.29, 1.82) is 5.26 Å². The van der Waals surface area contributed by atoms with Gasteiger partial charge in [-0.2, -0.15) is 5.26 Å². The molecule has 2 aromatic rings. The summed E-state index contributed by atoms with van der Waals surface area (Å²) in [7, 11) is 1.51. The second-order valence-electron chi connectivity index (χ2n) is 5.50. The number of amides is 1. The average Bonchev–Trinajstić information content (AvgIpc) is 2.71. The van der Waals surface area contributed by atoms with Gasteiger partial charge >= 0.3 is 0 Å². The van der Waals surface area contributed by atoms with Crippen molar-refractivity contribution in [2.45, 2.75) is 13.8 Å². The van der Waals surface area contributed by atoms with Crippen LogP contribution in [0.15, 0.2) is 54.2 Å². The second kappa shape index (κ2) is 10.5. The minimum Gasteiger partial charge on any atom is -0.495 e. The van der Waals surface area contributed by atoms with Gasteiger partial charge in [-0.25, -0.2) is 0 Å². The summed E-state index contributed by atoms with van der Waals surface area (Å²) < 4.78 is 16.3. The topological polar surface area (TPSA) is 92.6 Å². The van der Waals surface area contributed by atoms with Gasteiger partial charge in [0.25, 0.3) is 5.91 Å². The summed E-state index contributed by atoms with van der Waals surface area (Å²) in [5.41, 5.74) is 1.05. The number of anilines is 2. The lowest BCUT2D eigenvalue weighted by Gasteiger charge is -2.12. The Hall–Kier alpha value is -3.66. The normalized spacial score (nSPS) is 10.6. The van der Waals surface area contributed by atoms with Gasteiger partial charge in [0.1, 0.15) is 17.4 Å². The predicted octanol–water partition coefficient (Wildman–Crippen LogP) is 3.95. The molecule has 2 N–H and O–H groups in total. The van der Waals surface area contributed by atoms with Crippen LogP contribution in [-0.4, -0.2) is 26.2 Å². The number of methoxy groups -OCH3 is 1. The van der Waals surface area contributed by atoms with Crippen LogP contribution in [0.3, 0.4) is 0 Å². The van der Waals surface area contributed by atoms with Gasteiger partial charge in [-0.3, -0.25) is 4.79 Å². The Morgan fingerprint density at radius 1 is 1.07 bits per heavy atom. The number of hydrogen-bond acceptors (Lipinski definition) is 6. The maximum atomic E-state index is 12.4. The van der Waals surface area contributed by atoms with Gasteiger partial charge in [0.05, 0.1) is 26.0 Å². The maximum absolute atomic E-state index is 12.4. The zero-order valence-electron chi connectivity index (χ0n) is 16.1. The van der Waals surface area contributed by atoms with E-state index in [1.807, 2.05) is 19.9 Å². The summed E-state index contributed by atoms with van der Waals surface area (Å²) >= 11 is 0. The minimum absolute atomic E-state index is 0.0854. The number of hydrogen-bond donors (Lipinski definition) is 2. The standard InChI is InChI=1S/C21H23N3O4/c1-4-27-19-11-10-16(12-20(19)28-5-2)23-14-15(13-22)21(25)24-17-8-6-7-9-18(17)26-3/h6-12,14,23H,4-5H2,1-3H3,(H,24,25)/b15-14-. The highest BCUT2D eigenvalue weighted by atomic mass is 16.5. The first-order valence-electron chi connectivity index (χ1n) is 8.83. The Morgan fingerprint density at radius 2 is 1.79 bits per heavy atom. The van der Waals surface area contributed by atoms with Crippen LogP contribution < -0.4 is 24.8 Å². The first-order valence-corrected chi connectivity index (χ1v) is 8.83. The average molecular weight is 381 g/mol. The fourth-order valence-electron chi connectivity index (χ4n) is 2.38. The molecule has 1 amide bonds. The van der Waals surface area contributed by atoms with Gasteiger partial charge in [-0.05, 0) is 38.1 Å². The molecule has 0 atom stereocenters. The van der Waals surface area contributed by atoms with E-state index in [0.717, 1.165) is 0 Å². The molecule has 0 spiro atoms. The molecule has 2 rings (SSSR count). The first kappa shape index (κ1) is 20.6. The van der Waals surface area contributed by atoms with Crippen LogP contribution in [-0.2, 0) is 4.79 Å². The van der Waals surface area contributed by atoms with E-state index in [4.69, 9.17) is 14.2 Å². The molecule has 0 bridgehead atoms. The van der Waals surface area contributed by atoms with Crippen molar-refractivity contribution in [1.82, 2.24) is 0 Å². The van der Waals surface area contributed by atoms with Crippen LogP contribution in [0, 0.1) is 11.3 Å². The Labute approximate surface area is 164 Å². The molecule has 7 heteroatoms. The van der Waals surface area contributed by atoms with Crippen molar-refractivity contribution < 1.29 is 19.0 Å². The summed E-state index contributed by atoms with van der Waals surface area (Å²) in [6, 6.07) is 14.2. The number of nitrogens with zero attached hydrogens (tertiary/aromatic N) is 1. The molecule has 0 aliphatic heterocycles. The number of benzene rings is 2. The van der Waals surface area contributed by atoms with Crippen molar-refractivity contribution in [3.63, 3.8) is 0 Å². The van der Waals surface area contributed by atoms with Gasteiger partial charge < -0.3 is 24.8 Å². The van der Waals surface area contributed by atoms with E-state index in [2.05, 4.69) is 10.6 Å². The summed E-state index contributed by atoms with van der Waals surface area (Å²) in [5.74, 6) is 1.18. The van der Waals surface area contributed by atoms with Gasteiger partial charge in [0.15, 0.2) is 11.5 Å².